The van der Waals surface area contributed by atoms with Crippen LogP contribution in [0.25, 0.3) is 11.0 Å². The van der Waals surface area contributed by atoms with Crippen molar-refractivity contribution < 1.29 is 8.42 Å². The zero-order valence-corrected chi connectivity index (χ0v) is 12.1. The number of hydrogen-bond acceptors (Lipinski definition) is 3. The summed E-state index contributed by atoms with van der Waals surface area (Å²) in [5.41, 5.74) is 1.22. The second-order valence-corrected chi connectivity index (χ2v) is 7.24. The van der Waals surface area contributed by atoms with Crippen molar-refractivity contribution in [3.8, 4) is 0 Å². The highest BCUT2D eigenvalue weighted by Crippen LogP contribution is 2.27. The van der Waals surface area contributed by atoms with E-state index in [-0.39, 0.29) is 5.69 Å². The van der Waals surface area contributed by atoms with E-state index in [2.05, 4.69) is 30.6 Å². The van der Waals surface area contributed by atoms with Crippen LogP contribution in [0.3, 0.4) is 0 Å². The molecule has 0 spiro atoms. The minimum Gasteiger partial charge on any atom is -0.306 e. The molecule has 2 rings (SSSR count). The van der Waals surface area contributed by atoms with Gasteiger partial charge in [0.25, 0.3) is 0 Å². The van der Waals surface area contributed by atoms with Gasteiger partial charge in [-0.25, -0.2) is 13.2 Å². The fourth-order valence-corrected chi connectivity index (χ4v) is 2.69. The first-order chi connectivity index (χ1) is 8.29. The Morgan fingerprint density at radius 2 is 1.78 bits per heavy atom. The lowest BCUT2D eigenvalue weighted by atomic mass is 10.3. The van der Waals surface area contributed by atoms with Gasteiger partial charge in [-0.2, -0.15) is 0 Å². The number of rotatable bonds is 3. The van der Waals surface area contributed by atoms with Crippen LogP contribution in [0.4, 0.5) is 5.69 Å². The molecule has 6 nitrogen and oxygen atoms in total. The highest BCUT2D eigenvalue weighted by molar-refractivity contribution is 9.10. The zero-order valence-electron chi connectivity index (χ0n) is 9.74. The van der Waals surface area contributed by atoms with Crippen molar-refractivity contribution in [3.05, 3.63) is 27.1 Å². The lowest BCUT2D eigenvalue weighted by molar-refractivity contribution is 0.593. The number of hydrogen-bond donors (Lipinski definition) is 3. The standard InChI is InChI=1S/C10H12BrN3O3S/c1-5(2)18(16,17)14-7-4-9-8(3-6(7)11)12-10(15)13-9/h3-5,14H,1-2H3,(H2,12,13,15). The van der Waals surface area contributed by atoms with Gasteiger partial charge in [-0.3, -0.25) is 4.72 Å². The third-order valence-electron chi connectivity index (χ3n) is 2.48. The molecule has 0 aliphatic heterocycles. The van der Waals surface area contributed by atoms with Crippen LogP contribution < -0.4 is 10.4 Å². The van der Waals surface area contributed by atoms with Crippen molar-refractivity contribution in [1.82, 2.24) is 9.97 Å². The summed E-state index contributed by atoms with van der Waals surface area (Å²) >= 11 is 3.27. The number of sulfonamides is 1. The molecule has 18 heavy (non-hydrogen) atoms. The maximum absolute atomic E-state index is 11.8. The van der Waals surface area contributed by atoms with Crippen molar-refractivity contribution in [1.29, 1.82) is 0 Å². The minimum atomic E-state index is -3.42. The third-order valence-corrected chi connectivity index (χ3v) is 4.88. The van der Waals surface area contributed by atoms with Gasteiger partial charge in [-0.15, -0.1) is 0 Å². The largest absolute Gasteiger partial charge is 0.323 e. The smallest absolute Gasteiger partial charge is 0.306 e. The highest BCUT2D eigenvalue weighted by atomic mass is 79.9. The predicted octanol–water partition coefficient (Wildman–Crippen LogP) is 1.77. The first kappa shape index (κ1) is 13.2. The Kier molecular flexibility index (Phi) is 3.24. The molecule has 0 fully saturated rings. The molecule has 0 aliphatic carbocycles. The van der Waals surface area contributed by atoms with Gasteiger partial charge in [0.05, 0.1) is 22.0 Å². The molecule has 0 unspecified atom stereocenters. The van der Waals surface area contributed by atoms with E-state index in [9.17, 15) is 13.2 Å². The topological polar surface area (TPSA) is 94.8 Å². The number of halogens is 1. The summed E-state index contributed by atoms with van der Waals surface area (Å²) in [5.74, 6) is 0. The molecule has 1 heterocycles. The monoisotopic (exact) mass is 333 g/mol. The maximum Gasteiger partial charge on any atom is 0.323 e. The van der Waals surface area contributed by atoms with Gasteiger partial charge in [-0.1, -0.05) is 0 Å². The molecule has 3 N–H and O–H groups in total. The highest BCUT2D eigenvalue weighted by Gasteiger charge is 2.17. The number of nitrogens with one attached hydrogen (secondary N) is 3. The van der Waals surface area contributed by atoms with Crippen LogP contribution in [-0.4, -0.2) is 23.6 Å². The molecule has 0 aliphatic rings. The number of anilines is 1. The summed E-state index contributed by atoms with van der Waals surface area (Å²) in [7, 11) is -3.42. The van der Waals surface area contributed by atoms with Crippen LogP contribution in [0.2, 0.25) is 0 Å². The molecule has 8 heteroatoms. The quantitative estimate of drug-likeness (QED) is 0.798. The SMILES string of the molecule is CC(C)S(=O)(=O)Nc1cc2[nH]c(=O)[nH]c2cc1Br. The molecule has 0 atom stereocenters. The first-order valence-electron chi connectivity index (χ1n) is 5.23. The molecule has 98 valence electrons. The molecule has 2 aromatic rings. The molecule has 1 aromatic heterocycles. The van der Waals surface area contributed by atoms with Gasteiger partial charge >= 0.3 is 5.69 Å². The minimum absolute atomic E-state index is 0.333. The van der Waals surface area contributed by atoms with Gasteiger partial charge in [0.2, 0.25) is 10.0 Å². The van der Waals surface area contributed by atoms with Gasteiger partial charge in [0.15, 0.2) is 0 Å². The maximum atomic E-state index is 11.8. The molecule has 0 bridgehead atoms. The van der Waals surface area contributed by atoms with Crippen LogP contribution in [-0.2, 0) is 10.0 Å². The summed E-state index contributed by atoms with van der Waals surface area (Å²) in [6, 6.07) is 3.21. The molecular formula is C10H12BrN3O3S. The van der Waals surface area contributed by atoms with Crippen molar-refractivity contribution in [2.24, 2.45) is 0 Å². The predicted molar refractivity (Wildman–Crippen MR) is 74.3 cm³/mol. The molecule has 0 saturated carbocycles. The Morgan fingerprint density at radius 3 is 2.33 bits per heavy atom. The summed E-state index contributed by atoms with van der Waals surface area (Å²) in [6.45, 7) is 3.18. The van der Waals surface area contributed by atoms with Gasteiger partial charge in [0, 0.05) is 4.47 Å². The van der Waals surface area contributed by atoms with Crippen molar-refractivity contribution in [2.75, 3.05) is 4.72 Å². The fourth-order valence-electron chi connectivity index (χ4n) is 1.41. The van der Waals surface area contributed by atoms with E-state index in [1.54, 1.807) is 26.0 Å². The van der Waals surface area contributed by atoms with E-state index in [4.69, 9.17) is 0 Å². The van der Waals surface area contributed by atoms with Crippen LogP contribution in [0.15, 0.2) is 21.4 Å². The Balaban J connectivity index is 2.52. The number of imidazole rings is 1. The number of H-pyrrole nitrogens is 2. The van der Waals surface area contributed by atoms with E-state index >= 15 is 0 Å². The summed E-state index contributed by atoms with van der Waals surface area (Å²) in [6.07, 6.45) is 0. The summed E-state index contributed by atoms with van der Waals surface area (Å²) < 4.78 is 26.6. The van der Waals surface area contributed by atoms with E-state index in [0.29, 0.717) is 21.2 Å². The average Bonchev–Trinajstić information content (AvgIpc) is 2.57. The lowest BCUT2D eigenvalue weighted by Gasteiger charge is -2.12. The normalized spacial score (nSPS) is 12.2. The van der Waals surface area contributed by atoms with E-state index in [0.717, 1.165) is 0 Å². The third kappa shape index (κ3) is 2.44. The number of aromatic nitrogens is 2. The number of fused-ring (bicyclic) bond motifs is 1. The van der Waals surface area contributed by atoms with Crippen LogP contribution in [0, 0.1) is 0 Å². The summed E-state index contributed by atoms with van der Waals surface area (Å²) in [5, 5.41) is -0.537. The number of benzene rings is 1. The van der Waals surface area contributed by atoms with Gasteiger partial charge < -0.3 is 9.97 Å². The number of aromatic amines is 2. The molecule has 0 amide bonds. The molecule has 1 aromatic carbocycles. The van der Waals surface area contributed by atoms with Crippen molar-refractivity contribution >= 4 is 42.7 Å². The van der Waals surface area contributed by atoms with E-state index in [1.807, 2.05) is 0 Å². The Morgan fingerprint density at radius 1 is 1.22 bits per heavy atom. The van der Waals surface area contributed by atoms with Crippen LogP contribution in [0.1, 0.15) is 13.8 Å². The Hall–Kier alpha value is -1.28. The zero-order chi connectivity index (χ0) is 13.5. The molecule has 0 radical (unpaired) electrons. The van der Waals surface area contributed by atoms with Crippen LogP contribution >= 0.6 is 15.9 Å². The molecule has 0 saturated heterocycles. The second-order valence-electron chi connectivity index (χ2n) is 4.15. The fraction of sp³-hybridized carbons (Fsp3) is 0.300. The molecular weight excluding hydrogens is 322 g/mol. The first-order valence-corrected chi connectivity index (χ1v) is 7.56. The van der Waals surface area contributed by atoms with Crippen LogP contribution in [0.5, 0.6) is 0 Å². The Labute approximate surface area is 112 Å². The second kappa shape index (κ2) is 4.43. The van der Waals surface area contributed by atoms with E-state index < -0.39 is 15.3 Å². The van der Waals surface area contributed by atoms with Gasteiger partial charge in [0.1, 0.15) is 0 Å². The van der Waals surface area contributed by atoms with Crippen molar-refractivity contribution in [2.45, 2.75) is 19.1 Å². The average molecular weight is 334 g/mol. The lowest BCUT2D eigenvalue weighted by Crippen LogP contribution is -2.22. The Bertz CT molecular complexity index is 745. The van der Waals surface area contributed by atoms with E-state index in [1.165, 1.54) is 0 Å². The summed E-state index contributed by atoms with van der Waals surface area (Å²) in [4.78, 5) is 16.3. The van der Waals surface area contributed by atoms with Gasteiger partial charge in [-0.05, 0) is 41.9 Å². The van der Waals surface area contributed by atoms with Crippen molar-refractivity contribution in [3.63, 3.8) is 0 Å².